The Bertz CT molecular complexity index is 813. The molecular weight excluding hydrogens is 348 g/mol. The van der Waals surface area contributed by atoms with Gasteiger partial charge in [-0.05, 0) is 30.4 Å². The van der Waals surface area contributed by atoms with Crippen LogP contribution in [0.25, 0.3) is 0 Å². The molecule has 6 nitrogen and oxygen atoms in total. The van der Waals surface area contributed by atoms with Crippen LogP contribution in [0.5, 0.6) is 0 Å². The van der Waals surface area contributed by atoms with Crippen molar-refractivity contribution < 1.29 is 9.90 Å². The molecule has 2 atom stereocenters. The van der Waals surface area contributed by atoms with Gasteiger partial charge in [0.05, 0.1) is 17.8 Å². The van der Waals surface area contributed by atoms with E-state index in [1.54, 1.807) is 0 Å². The Kier molecular flexibility index (Phi) is 4.46. The van der Waals surface area contributed by atoms with Gasteiger partial charge in [0.1, 0.15) is 0 Å². The number of anilines is 1. The molecule has 5 N–H and O–H groups in total. The number of thiazole rings is 1. The number of aliphatic hydroxyl groups is 1. The number of carbonyl (C=O) groups excluding carboxylic acids is 1. The number of hydrogen-bond acceptors (Lipinski definition) is 6. The molecule has 2 heterocycles. The number of nitrogen functional groups attached to an aromatic ring is 1. The summed E-state index contributed by atoms with van der Waals surface area (Å²) in [5, 5.41) is 13.3. The second-order valence-corrected chi connectivity index (χ2v) is 8.16. The Balaban J connectivity index is 1.42. The summed E-state index contributed by atoms with van der Waals surface area (Å²) in [5.41, 5.74) is 14.6. The lowest BCUT2D eigenvalue weighted by atomic mass is 9.72. The average molecular weight is 372 g/mol. The molecule has 0 unspecified atom stereocenters. The molecule has 2 aromatic rings. The molecule has 1 fully saturated rings. The highest BCUT2D eigenvalue weighted by Crippen LogP contribution is 2.50. The van der Waals surface area contributed by atoms with Gasteiger partial charge in [-0.2, -0.15) is 0 Å². The van der Waals surface area contributed by atoms with Crippen molar-refractivity contribution in [2.75, 3.05) is 18.8 Å². The molecule has 1 aliphatic carbocycles. The Morgan fingerprint density at radius 3 is 2.77 bits per heavy atom. The summed E-state index contributed by atoms with van der Waals surface area (Å²) >= 11 is 1.40. The summed E-state index contributed by atoms with van der Waals surface area (Å²) in [5.74, 6) is 0.136. The first-order valence-electron chi connectivity index (χ1n) is 9.02. The highest BCUT2D eigenvalue weighted by atomic mass is 32.1. The number of fused-ring (bicyclic) bond motifs is 2. The van der Waals surface area contributed by atoms with Crippen molar-refractivity contribution in [2.45, 2.75) is 43.2 Å². The molecule has 0 bridgehead atoms. The third kappa shape index (κ3) is 2.80. The van der Waals surface area contributed by atoms with Gasteiger partial charge in [-0.1, -0.05) is 24.3 Å². The summed E-state index contributed by atoms with van der Waals surface area (Å²) in [6, 6.07) is 7.71. The highest BCUT2D eigenvalue weighted by molar-refractivity contribution is 7.13. The number of hydrogen-bond donors (Lipinski definition) is 3. The normalized spacial score (nSPS) is 24.0. The van der Waals surface area contributed by atoms with Gasteiger partial charge in [0.15, 0.2) is 5.13 Å². The molecular formula is C19H24N4O2S. The maximum atomic E-state index is 12.6. The quantitative estimate of drug-likeness (QED) is 0.759. The molecule has 138 valence electrons. The van der Waals surface area contributed by atoms with E-state index in [9.17, 15) is 9.90 Å². The monoisotopic (exact) mass is 372 g/mol. The summed E-state index contributed by atoms with van der Waals surface area (Å²) < 4.78 is 0. The number of benzene rings is 1. The van der Waals surface area contributed by atoms with Crippen molar-refractivity contribution in [3.05, 3.63) is 46.5 Å². The van der Waals surface area contributed by atoms with Crippen LogP contribution in [-0.4, -0.2) is 40.1 Å². The molecule has 1 saturated heterocycles. The minimum absolute atomic E-state index is 0.136. The lowest BCUT2D eigenvalue weighted by Crippen LogP contribution is -2.50. The Labute approximate surface area is 156 Å². The van der Waals surface area contributed by atoms with Crippen molar-refractivity contribution in [3.8, 4) is 0 Å². The molecule has 1 spiro atoms. The number of nitrogens with zero attached hydrogens (tertiary/aromatic N) is 2. The molecule has 1 aromatic carbocycles. The van der Waals surface area contributed by atoms with Crippen LogP contribution in [0.2, 0.25) is 0 Å². The van der Waals surface area contributed by atoms with Crippen LogP contribution >= 0.6 is 11.3 Å². The van der Waals surface area contributed by atoms with Gasteiger partial charge >= 0.3 is 0 Å². The van der Waals surface area contributed by atoms with Crippen molar-refractivity contribution in [3.63, 3.8) is 0 Å². The fourth-order valence-corrected chi connectivity index (χ4v) is 5.06. The van der Waals surface area contributed by atoms with E-state index in [2.05, 4.69) is 11.1 Å². The van der Waals surface area contributed by atoms with Gasteiger partial charge in [-0.3, -0.25) is 4.79 Å². The summed E-state index contributed by atoms with van der Waals surface area (Å²) in [6.45, 7) is 1.30. The smallest absolute Gasteiger partial charge is 0.222 e. The van der Waals surface area contributed by atoms with Crippen molar-refractivity contribution in [1.29, 1.82) is 0 Å². The van der Waals surface area contributed by atoms with Gasteiger partial charge in [-0.15, -0.1) is 11.3 Å². The second kappa shape index (κ2) is 6.64. The first-order chi connectivity index (χ1) is 12.5. The summed E-state index contributed by atoms with van der Waals surface area (Å²) in [6.07, 6.45) is 1.96. The van der Waals surface area contributed by atoms with E-state index in [1.807, 2.05) is 28.5 Å². The molecule has 26 heavy (non-hydrogen) atoms. The van der Waals surface area contributed by atoms with Crippen LogP contribution in [0.4, 0.5) is 5.13 Å². The highest BCUT2D eigenvalue weighted by Gasteiger charge is 2.51. The fraction of sp³-hybridized carbons (Fsp3) is 0.474. The van der Waals surface area contributed by atoms with Crippen molar-refractivity contribution >= 4 is 22.4 Å². The minimum atomic E-state index is -0.588. The minimum Gasteiger partial charge on any atom is -0.390 e. The Morgan fingerprint density at radius 1 is 1.35 bits per heavy atom. The van der Waals surface area contributed by atoms with Crippen LogP contribution in [0.15, 0.2) is 29.6 Å². The zero-order valence-electron chi connectivity index (χ0n) is 14.6. The summed E-state index contributed by atoms with van der Waals surface area (Å²) in [7, 11) is 0. The number of aliphatic hydroxyl groups excluding tert-OH is 1. The molecule has 4 rings (SSSR count). The van der Waals surface area contributed by atoms with Crippen molar-refractivity contribution in [2.24, 2.45) is 5.73 Å². The largest absolute Gasteiger partial charge is 0.390 e. The molecule has 1 aliphatic heterocycles. The third-order valence-corrected chi connectivity index (χ3v) is 6.66. The number of nitrogens with two attached hydrogens (primary N) is 2. The number of aromatic nitrogens is 1. The lowest BCUT2D eigenvalue weighted by Gasteiger charge is -2.42. The molecule has 1 amide bonds. The topological polar surface area (TPSA) is 105 Å². The zero-order chi connectivity index (χ0) is 18.3. The van der Waals surface area contributed by atoms with E-state index in [4.69, 9.17) is 11.5 Å². The van der Waals surface area contributed by atoms with Crippen LogP contribution in [-0.2, 0) is 16.6 Å². The number of amides is 1. The average Bonchev–Trinajstić information content (AvgIpc) is 3.17. The van der Waals surface area contributed by atoms with E-state index in [0.717, 1.165) is 29.7 Å². The standard InChI is InChI=1S/C19H24N4O2S/c20-16-13-3-1-2-4-14(13)19(17(16)25)7-9-23(10-8-19)15(24)6-5-12-11-26-18(21)22-12/h1-4,11,16-17,25H,5-10,20H2,(H2,21,22)/t16-,17+/m1/s1. The Morgan fingerprint density at radius 2 is 2.08 bits per heavy atom. The maximum Gasteiger partial charge on any atom is 0.222 e. The molecule has 0 saturated carbocycles. The number of likely N-dealkylation sites (tertiary alicyclic amines) is 1. The van der Waals surface area contributed by atoms with Gasteiger partial charge in [0.2, 0.25) is 5.91 Å². The van der Waals surface area contributed by atoms with Crippen LogP contribution in [0.3, 0.4) is 0 Å². The van der Waals surface area contributed by atoms with E-state index in [1.165, 1.54) is 11.3 Å². The zero-order valence-corrected chi connectivity index (χ0v) is 15.4. The second-order valence-electron chi connectivity index (χ2n) is 7.27. The maximum absolute atomic E-state index is 12.6. The molecule has 1 aromatic heterocycles. The first-order valence-corrected chi connectivity index (χ1v) is 9.90. The van der Waals surface area contributed by atoms with Crippen LogP contribution < -0.4 is 11.5 Å². The van der Waals surface area contributed by atoms with E-state index >= 15 is 0 Å². The third-order valence-electron chi connectivity index (χ3n) is 5.94. The van der Waals surface area contributed by atoms with Gasteiger partial charge < -0.3 is 21.5 Å². The van der Waals surface area contributed by atoms with Crippen LogP contribution in [0, 0.1) is 0 Å². The first kappa shape index (κ1) is 17.5. The van der Waals surface area contributed by atoms with E-state index in [0.29, 0.717) is 31.1 Å². The predicted molar refractivity (Wildman–Crippen MR) is 102 cm³/mol. The van der Waals surface area contributed by atoms with Crippen LogP contribution in [0.1, 0.15) is 42.1 Å². The van der Waals surface area contributed by atoms with E-state index in [-0.39, 0.29) is 17.4 Å². The number of piperidine rings is 1. The number of carbonyl (C=O) groups is 1. The Hall–Kier alpha value is -1.96. The molecule has 2 aliphatic rings. The fourth-order valence-electron chi connectivity index (χ4n) is 4.47. The summed E-state index contributed by atoms with van der Waals surface area (Å²) in [4.78, 5) is 18.7. The molecule has 0 radical (unpaired) electrons. The van der Waals surface area contributed by atoms with E-state index < -0.39 is 6.10 Å². The number of aryl methyl sites for hydroxylation is 1. The number of rotatable bonds is 3. The molecule has 7 heteroatoms. The predicted octanol–water partition coefficient (Wildman–Crippen LogP) is 1.59. The van der Waals surface area contributed by atoms with Gasteiger partial charge in [0, 0.05) is 30.3 Å². The van der Waals surface area contributed by atoms with Gasteiger partial charge in [0.25, 0.3) is 0 Å². The SMILES string of the molecule is Nc1nc(CCC(=O)N2CCC3(CC2)c2ccccc2[C@@H](N)[C@@H]3O)cs1. The van der Waals surface area contributed by atoms with Crippen molar-refractivity contribution in [1.82, 2.24) is 9.88 Å². The lowest BCUT2D eigenvalue weighted by molar-refractivity contribution is -0.133. The van der Waals surface area contributed by atoms with Gasteiger partial charge in [-0.25, -0.2) is 4.98 Å².